The maximum Gasteiger partial charge on any atom is 0.264 e. The molecule has 0 unspecified atom stereocenters. The Balaban J connectivity index is 1.49. The van der Waals surface area contributed by atoms with Crippen LogP contribution in [0.4, 0.5) is 4.39 Å². The van der Waals surface area contributed by atoms with Gasteiger partial charge in [-0.2, -0.15) is 0 Å². The van der Waals surface area contributed by atoms with Crippen molar-refractivity contribution in [2.45, 2.75) is 20.8 Å². The standard InChI is InChI=1S/C21H21FN4O2S/c1-12-17-13(2)23-14(3)24-19(17)29-18(12)21(28)26-10-8-25(9-11-26)20(27)15-4-6-16(22)7-5-15/h4-7H,8-11H2,1-3H3. The molecule has 1 fully saturated rings. The maximum atomic E-state index is 13.1. The zero-order valence-corrected chi connectivity index (χ0v) is 17.3. The average molecular weight is 412 g/mol. The first-order chi connectivity index (χ1) is 13.8. The fourth-order valence-electron chi connectivity index (χ4n) is 3.71. The van der Waals surface area contributed by atoms with E-state index < -0.39 is 0 Å². The lowest BCUT2D eigenvalue weighted by Crippen LogP contribution is -2.50. The van der Waals surface area contributed by atoms with Crippen LogP contribution in [0.25, 0.3) is 10.2 Å². The van der Waals surface area contributed by atoms with E-state index >= 15 is 0 Å². The molecule has 29 heavy (non-hydrogen) atoms. The number of amides is 2. The normalized spacial score (nSPS) is 14.5. The third-order valence-corrected chi connectivity index (χ3v) is 6.40. The van der Waals surface area contributed by atoms with Gasteiger partial charge in [0.15, 0.2) is 0 Å². The molecule has 0 bridgehead atoms. The van der Waals surface area contributed by atoms with Crippen LogP contribution in [0, 0.1) is 26.6 Å². The first-order valence-electron chi connectivity index (χ1n) is 9.43. The number of thiophene rings is 1. The van der Waals surface area contributed by atoms with Crippen LogP contribution in [0.1, 0.15) is 37.1 Å². The number of piperazine rings is 1. The van der Waals surface area contributed by atoms with Gasteiger partial charge in [0.05, 0.1) is 4.88 Å². The number of carbonyl (C=O) groups excluding carboxylic acids is 2. The van der Waals surface area contributed by atoms with Crippen LogP contribution in [-0.4, -0.2) is 57.8 Å². The van der Waals surface area contributed by atoms with Crippen molar-refractivity contribution in [1.29, 1.82) is 0 Å². The molecule has 1 aliphatic rings. The van der Waals surface area contributed by atoms with E-state index in [0.717, 1.165) is 21.5 Å². The number of carbonyl (C=O) groups is 2. The van der Waals surface area contributed by atoms with Crippen LogP contribution in [0.5, 0.6) is 0 Å². The van der Waals surface area contributed by atoms with E-state index in [2.05, 4.69) is 9.97 Å². The van der Waals surface area contributed by atoms with Crippen molar-refractivity contribution < 1.29 is 14.0 Å². The summed E-state index contributed by atoms with van der Waals surface area (Å²) in [4.78, 5) is 39.6. The van der Waals surface area contributed by atoms with Crippen LogP contribution in [0.2, 0.25) is 0 Å². The maximum absolute atomic E-state index is 13.1. The minimum absolute atomic E-state index is 0.0311. The molecule has 3 aromatic rings. The molecular weight excluding hydrogens is 391 g/mol. The Kier molecular flexibility index (Phi) is 5.04. The van der Waals surface area contributed by atoms with Crippen molar-refractivity contribution in [1.82, 2.24) is 19.8 Å². The summed E-state index contributed by atoms with van der Waals surface area (Å²) in [6.07, 6.45) is 0. The van der Waals surface area contributed by atoms with Crippen molar-refractivity contribution in [2.75, 3.05) is 26.2 Å². The van der Waals surface area contributed by atoms with E-state index in [4.69, 9.17) is 0 Å². The van der Waals surface area contributed by atoms with Gasteiger partial charge in [-0.1, -0.05) is 0 Å². The van der Waals surface area contributed by atoms with Crippen LogP contribution < -0.4 is 0 Å². The molecule has 0 N–H and O–H groups in total. The Labute approximate surface area is 172 Å². The number of nitrogens with zero attached hydrogens (tertiary/aromatic N) is 4. The molecule has 1 aromatic carbocycles. The zero-order valence-electron chi connectivity index (χ0n) is 16.5. The summed E-state index contributed by atoms with van der Waals surface area (Å²) < 4.78 is 13.1. The predicted octanol–water partition coefficient (Wildman–Crippen LogP) is 3.35. The minimum Gasteiger partial charge on any atom is -0.335 e. The number of benzene rings is 1. The van der Waals surface area contributed by atoms with E-state index in [1.165, 1.54) is 35.6 Å². The summed E-state index contributed by atoms with van der Waals surface area (Å²) >= 11 is 1.40. The monoisotopic (exact) mass is 412 g/mol. The highest BCUT2D eigenvalue weighted by Crippen LogP contribution is 2.32. The molecule has 2 amide bonds. The minimum atomic E-state index is -0.370. The Bertz CT molecular complexity index is 1100. The van der Waals surface area contributed by atoms with E-state index in [1.54, 1.807) is 9.80 Å². The van der Waals surface area contributed by atoms with Gasteiger partial charge in [-0.3, -0.25) is 9.59 Å². The summed E-state index contributed by atoms with van der Waals surface area (Å²) in [6, 6.07) is 5.54. The summed E-state index contributed by atoms with van der Waals surface area (Å²) in [5.41, 5.74) is 2.25. The number of rotatable bonds is 2. The van der Waals surface area contributed by atoms with E-state index in [9.17, 15) is 14.0 Å². The summed E-state index contributed by atoms with van der Waals surface area (Å²) in [7, 11) is 0. The summed E-state index contributed by atoms with van der Waals surface area (Å²) in [5.74, 6) is 0.155. The highest BCUT2D eigenvalue weighted by atomic mass is 32.1. The topological polar surface area (TPSA) is 66.4 Å². The lowest BCUT2D eigenvalue weighted by Gasteiger charge is -2.34. The van der Waals surface area contributed by atoms with Gasteiger partial charge in [0.25, 0.3) is 11.8 Å². The molecule has 1 saturated heterocycles. The molecule has 0 atom stereocenters. The molecule has 0 radical (unpaired) electrons. The number of hydrogen-bond donors (Lipinski definition) is 0. The summed E-state index contributed by atoms with van der Waals surface area (Å²) in [5, 5.41) is 0.953. The molecule has 0 aliphatic carbocycles. The smallest absolute Gasteiger partial charge is 0.264 e. The van der Waals surface area contributed by atoms with Crippen molar-refractivity contribution in [3.05, 3.63) is 57.6 Å². The molecule has 4 rings (SSSR count). The highest BCUT2D eigenvalue weighted by Gasteiger charge is 2.28. The second-order valence-corrected chi connectivity index (χ2v) is 8.18. The predicted molar refractivity (Wildman–Crippen MR) is 110 cm³/mol. The van der Waals surface area contributed by atoms with E-state index in [0.29, 0.717) is 42.4 Å². The highest BCUT2D eigenvalue weighted by molar-refractivity contribution is 7.20. The van der Waals surface area contributed by atoms with E-state index in [-0.39, 0.29) is 17.6 Å². The average Bonchev–Trinajstić information content (AvgIpc) is 3.04. The van der Waals surface area contributed by atoms with Gasteiger partial charge in [-0.25, -0.2) is 14.4 Å². The first kappa shape index (κ1) is 19.4. The number of hydrogen-bond acceptors (Lipinski definition) is 5. The van der Waals surface area contributed by atoms with Gasteiger partial charge in [0.2, 0.25) is 0 Å². The Morgan fingerprint density at radius 2 is 1.52 bits per heavy atom. The third-order valence-electron chi connectivity index (χ3n) is 5.22. The molecule has 0 spiro atoms. The molecular formula is C21H21FN4O2S. The van der Waals surface area contributed by atoms with Gasteiger partial charge in [0, 0.05) is 42.8 Å². The number of fused-ring (bicyclic) bond motifs is 1. The number of aryl methyl sites for hydroxylation is 3. The summed E-state index contributed by atoms with van der Waals surface area (Å²) in [6.45, 7) is 7.54. The van der Waals surface area contributed by atoms with Crippen molar-refractivity contribution in [3.8, 4) is 0 Å². The number of aromatic nitrogens is 2. The Hall–Kier alpha value is -2.87. The molecule has 0 saturated carbocycles. The fourth-order valence-corrected chi connectivity index (χ4v) is 4.95. The van der Waals surface area contributed by atoms with Crippen LogP contribution in [0.15, 0.2) is 24.3 Å². The lowest BCUT2D eigenvalue weighted by atomic mass is 10.1. The second-order valence-electron chi connectivity index (χ2n) is 7.18. The van der Waals surface area contributed by atoms with Gasteiger partial charge >= 0.3 is 0 Å². The molecule has 2 aromatic heterocycles. The SMILES string of the molecule is Cc1nc(C)c2c(C)c(C(=O)N3CCN(C(=O)c4ccc(F)cc4)CC3)sc2n1. The largest absolute Gasteiger partial charge is 0.335 e. The fraction of sp³-hybridized carbons (Fsp3) is 0.333. The first-order valence-corrected chi connectivity index (χ1v) is 10.2. The van der Waals surface area contributed by atoms with Gasteiger partial charge < -0.3 is 9.80 Å². The van der Waals surface area contributed by atoms with Crippen LogP contribution >= 0.6 is 11.3 Å². The lowest BCUT2D eigenvalue weighted by molar-refractivity contribution is 0.0537. The molecule has 150 valence electrons. The molecule has 3 heterocycles. The van der Waals surface area contributed by atoms with Gasteiger partial charge in [-0.05, 0) is 50.6 Å². The van der Waals surface area contributed by atoms with Crippen molar-refractivity contribution in [2.24, 2.45) is 0 Å². The molecule has 8 heteroatoms. The Morgan fingerprint density at radius 1 is 0.931 bits per heavy atom. The van der Waals surface area contributed by atoms with Crippen molar-refractivity contribution in [3.63, 3.8) is 0 Å². The van der Waals surface area contributed by atoms with E-state index in [1.807, 2.05) is 20.8 Å². The zero-order chi connectivity index (χ0) is 20.7. The van der Waals surface area contributed by atoms with Gasteiger partial charge in [0.1, 0.15) is 16.5 Å². The quantitative estimate of drug-likeness (QED) is 0.647. The third kappa shape index (κ3) is 3.60. The van der Waals surface area contributed by atoms with Crippen LogP contribution in [0.3, 0.4) is 0 Å². The second kappa shape index (κ2) is 7.51. The van der Waals surface area contributed by atoms with Gasteiger partial charge in [-0.15, -0.1) is 11.3 Å². The van der Waals surface area contributed by atoms with Crippen molar-refractivity contribution >= 4 is 33.4 Å². The Morgan fingerprint density at radius 3 is 2.14 bits per heavy atom. The number of halogens is 1. The van der Waals surface area contributed by atoms with Crippen LogP contribution in [-0.2, 0) is 0 Å². The molecule has 1 aliphatic heterocycles. The molecule has 6 nitrogen and oxygen atoms in total.